The molecule has 0 saturated heterocycles. The number of nitrogens with one attached hydrogen (secondary N) is 1. The van der Waals surface area contributed by atoms with Crippen molar-refractivity contribution in [2.45, 2.75) is 6.92 Å². The highest BCUT2D eigenvalue weighted by atomic mass is 16.6. The van der Waals surface area contributed by atoms with E-state index in [9.17, 15) is 20.0 Å². The summed E-state index contributed by atoms with van der Waals surface area (Å²) in [5, 5.41) is 30.7. The normalized spacial score (nSPS) is 11.8. The van der Waals surface area contributed by atoms with Crippen molar-refractivity contribution in [3.05, 3.63) is 70.1 Å². The average Bonchev–Trinajstić information content (AvgIpc) is 2.62. The first-order valence-electron chi connectivity index (χ1n) is 7.42. The summed E-state index contributed by atoms with van der Waals surface area (Å²) in [5.41, 5.74) is 0.231. The third-order valence-corrected chi connectivity index (χ3v) is 3.22. The molecule has 0 fully saturated rings. The molecule has 2 aromatic rings. The highest BCUT2D eigenvalue weighted by molar-refractivity contribution is 6.03. The van der Waals surface area contributed by atoms with Gasteiger partial charge in [-0.3, -0.25) is 14.9 Å². The number of rotatable bonds is 6. The van der Waals surface area contributed by atoms with Gasteiger partial charge in [-0.05, 0) is 25.1 Å². The Morgan fingerprint density at radius 3 is 2.50 bits per heavy atom. The fraction of sp³-hybridized carbons (Fsp3) is 0.118. The summed E-state index contributed by atoms with van der Waals surface area (Å²) in [4.78, 5) is 22.5. The number of aliphatic hydroxyl groups is 1. The minimum absolute atomic E-state index is 0.112. The van der Waals surface area contributed by atoms with E-state index in [4.69, 9.17) is 4.74 Å². The van der Waals surface area contributed by atoms with Gasteiger partial charge >= 0.3 is 0 Å². The summed E-state index contributed by atoms with van der Waals surface area (Å²) < 4.78 is 5.05. The van der Waals surface area contributed by atoms with E-state index in [1.165, 1.54) is 32.2 Å². The number of ether oxygens (including phenoxy) is 1. The number of carbonyl (C=O) groups is 1. The number of amides is 1. The maximum atomic E-state index is 12.3. The van der Waals surface area contributed by atoms with Crippen LogP contribution in [0.15, 0.2) is 70.2 Å². The maximum Gasteiger partial charge on any atom is 0.279 e. The smallest absolute Gasteiger partial charge is 0.279 e. The predicted octanol–water partition coefficient (Wildman–Crippen LogP) is 4.12. The van der Waals surface area contributed by atoms with E-state index < -0.39 is 10.8 Å². The van der Waals surface area contributed by atoms with Crippen LogP contribution >= 0.6 is 0 Å². The Morgan fingerprint density at radius 2 is 1.92 bits per heavy atom. The molecule has 26 heavy (non-hydrogen) atoms. The van der Waals surface area contributed by atoms with Crippen molar-refractivity contribution in [2.75, 3.05) is 12.4 Å². The Balaban J connectivity index is 2.26. The van der Waals surface area contributed by atoms with Gasteiger partial charge < -0.3 is 15.2 Å². The Kier molecular flexibility index (Phi) is 5.99. The van der Waals surface area contributed by atoms with E-state index in [2.05, 4.69) is 15.5 Å². The van der Waals surface area contributed by atoms with Gasteiger partial charge in [0, 0.05) is 11.8 Å². The van der Waals surface area contributed by atoms with E-state index in [0.29, 0.717) is 5.69 Å². The number of nitrogens with zero attached hydrogens (tertiary/aromatic N) is 3. The molecule has 0 spiro atoms. The van der Waals surface area contributed by atoms with Crippen molar-refractivity contribution in [3.8, 4) is 5.75 Å². The van der Waals surface area contributed by atoms with Crippen LogP contribution in [0.3, 0.4) is 0 Å². The lowest BCUT2D eigenvalue weighted by molar-refractivity contribution is -0.384. The topological polar surface area (TPSA) is 126 Å². The number of non-ortho nitro benzene ring substituents is 1. The van der Waals surface area contributed by atoms with Crippen LogP contribution in [-0.4, -0.2) is 23.0 Å². The molecular formula is C17H16N4O5. The fourth-order valence-electron chi connectivity index (χ4n) is 1.96. The summed E-state index contributed by atoms with van der Waals surface area (Å²) in [7, 11) is 1.33. The number of nitro benzene ring substituents is 1. The molecule has 134 valence electrons. The number of azo groups is 1. The number of anilines is 1. The van der Waals surface area contributed by atoms with Crippen molar-refractivity contribution in [3.63, 3.8) is 0 Å². The summed E-state index contributed by atoms with van der Waals surface area (Å²) in [6, 6.07) is 12.4. The average molecular weight is 356 g/mol. The van der Waals surface area contributed by atoms with Gasteiger partial charge in [0.1, 0.15) is 11.4 Å². The lowest BCUT2D eigenvalue weighted by atomic mass is 10.2. The molecule has 0 aliphatic carbocycles. The number of carbonyl (C=O) groups excluding carboxylic acids is 1. The maximum absolute atomic E-state index is 12.3. The number of hydrogen-bond donors (Lipinski definition) is 2. The van der Waals surface area contributed by atoms with Crippen molar-refractivity contribution in [2.24, 2.45) is 10.2 Å². The van der Waals surface area contributed by atoms with E-state index in [0.717, 1.165) is 0 Å². The van der Waals surface area contributed by atoms with Gasteiger partial charge in [0.15, 0.2) is 11.4 Å². The molecule has 2 aromatic carbocycles. The Hall–Kier alpha value is -3.75. The summed E-state index contributed by atoms with van der Waals surface area (Å²) in [5.74, 6) is -0.870. The van der Waals surface area contributed by atoms with Crippen LogP contribution in [0.2, 0.25) is 0 Å². The monoisotopic (exact) mass is 356 g/mol. The first-order valence-corrected chi connectivity index (χ1v) is 7.42. The molecule has 0 aliphatic rings. The Labute approximate surface area is 148 Å². The van der Waals surface area contributed by atoms with Gasteiger partial charge in [-0.1, -0.05) is 18.2 Å². The molecule has 9 nitrogen and oxygen atoms in total. The lowest BCUT2D eigenvalue weighted by Crippen LogP contribution is -2.14. The second kappa shape index (κ2) is 8.38. The third-order valence-electron chi connectivity index (χ3n) is 3.22. The number of aliphatic hydroxyl groups excluding tert-OH is 1. The van der Waals surface area contributed by atoms with Gasteiger partial charge in [-0.2, -0.15) is 0 Å². The molecule has 2 rings (SSSR count). The molecular weight excluding hydrogens is 340 g/mol. The zero-order valence-electron chi connectivity index (χ0n) is 14.0. The molecule has 0 atom stereocenters. The van der Waals surface area contributed by atoms with E-state index in [1.54, 1.807) is 30.3 Å². The fourth-order valence-corrected chi connectivity index (χ4v) is 1.96. The first-order chi connectivity index (χ1) is 12.4. The van der Waals surface area contributed by atoms with Crippen LogP contribution in [0.5, 0.6) is 5.75 Å². The third kappa shape index (κ3) is 4.63. The molecule has 0 aromatic heterocycles. The number of benzene rings is 2. The molecule has 0 aliphatic heterocycles. The SMILES string of the molecule is COc1cc([N+](=O)[O-])ccc1N=NC(C(=O)Nc1ccccc1)=C(C)O. The van der Waals surface area contributed by atoms with Gasteiger partial charge in [0.05, 0.1) is 18.1 Å². The van der Waals surface area contributed by atoms with Crippen molar-refractivity contribution >= 4 is 23.0 Å². The molecule has 9 heteroatoms. The van der Waals surface area contributed by atoms with E-state index in [1.807, 2.05) is 0 Å². The largest absolute Gasteiger partial charge is 0.510 e. The molecule has 0 saturated carbocycles. The van der Waals surface area contributed by atoms with Crippen LogP contribution in [0.1, 0.15) is 6.92 Å². The van der Waals surface area contributed by atoms with Gasteiger partial charge in [-0.25, -0.2) is 0 Å². The quantitative estimate of drug-likeness (QED) is 0.265. The first kappa shape index (κ1) is 18.6. The van der Waals surface area contributed by atoms with Crippen LogP contribution in [0, 0.1) is 10.1 Å². The molecule has 0 bridgehead atoms. The second-order valence-electron chi connectivity index (χ2n) is 5.07. The van der Waals surface area contributed by atoms with E-state index in [-0.39, 0.29) is 28.6 Å². The minimum atomic E-state index is -0.652. The van der Waals surface area contributed by atoms with Gasteiger partial charge in [0.2, 0.25) is 0 Å². The summed E-state index contributed by atoms with van der Waals surface area (Å²) >= 11 is 0. The zero-order chi connectivity index (χ0) is 19.1. The lowest BCUT2D eigenvalue weighted by Gasteiger charge is -2.06. The van der Waals surface area contributed by atoms with Crippen LogP contribution < -0.4 is 10.1 Å². The highest BCUT2D eigenvalue weighted by Gasteiger charge is 2.15. The number of allylic oxidation sites excluding steroid dienone is 1. The minimum Gasteiger partial charge on any atom is -0.510 e. The summed E-state index contributed by atoms with van der Waals surface area (Å²) in [6.07, 6.45) is 0. The van der Waals surface area contributed by atoms with Crippen LogP contribution in [0.4, 0.5) is 17.1 Å². The molecule has 0 heterocycles. The van der Waals surface area contributed by atoms with Crippen molar-refractivity contribution in [1.82, 2.24) is 0 Å². The number of hydrogen-bond acceptors (Lipinski definition) is 7. The van der Waals surface area contributed by atoms with Gasteiger partial charge in [0.25, 0.3) is 11.6 Å². The van der Waals surface area contributed by atoms with Crippen LogP contribution in [-0.2, 0) is 4.79 Å². The molecule has 0 radical (unpaired) electrons. The molecule has 1 amide bonds. The highest BCUT2D eigenvalue weighted by Crippen LogP contribution is 2.32. The summed E-state index contributed by atoms with van der Waals surface area (Å²) in [6.45, 7) is 1.30. The second-order valence-corrected chi connectivity index (χ2v) is 5.07. The Morgan fingerprint density at radius 1 is 1.23 bits per heavy atom. The molecule has 2 N–H and O–H groups in total. The van der Waals surface area contributed by atoms with Crippen molar-refractivity contribution in [1.29, 1.82) is 0 Å². The molecule has 0 unspecified atom stereocenters. The number of methoxy groups -OCH3 is 1. The Bertz CT molecular complexity index is 874. The van der Waals surface area contributed by atoms with Crippen molar-refractivity contribution < 1.29 is 19.6 Å². The number of nitro groups is 1. The van der Waals surface area contributed by atoms with Gasteiger partial charge in [-0.15, -0.1) is 10.2 Å². The standard InChI is InChI=1S/C17H16N4O5/c1-11(22)16(17(23)18-12-6-4-3-5-7-12)20-19-14-9-8-13(21(24)25)10-15(14)26-2/h3-10,22H,1-2H3,(H,18,23). The van der Waals surface area contributed by atoms with Crippen LogP contribution in [0.25, 0.3) is 0 Å². The predicted molar refractivity (Wildman–Crippen MR) is 94.6 cm³/mol. The van der Waals surface area contributed by atoms with E-state index >= 15 is 0 Å². The zero-order valence-corrected chi connectivity index (χ0v) is 14.0. The number of para-hydroxylation sites is 1.